The van der Waals surface area contributed by atoms with E-state index >= 15 is 0 Å². The Bertz CT molecular complexity index is 703. The molecule has 2 atom stereocenters. The molecule has 0 radical (unpaired) electrons. The van der Waals surface area contributed by atoms with Gasteiger partial charge in [-0.3, -0.25) is 4.79 Å². The zero-order chi connectivity index (χ0) is 14.8. The van der Waals surface area contributed by atoms with Gasteiger partial charge in [-0.25, -0.2) is 4.79 Å². The van der Waals surface area contributed by atoms with E-state index in [1.165, 1.54) is 0 Å². The average molecular weight is 288 g/mol. The first-order valence-electron chi connectivity index (χ1n) is 7.42. The zero-order valence-corrected chi connectivity index (χ0v) is 11.8. The maximum Gasteiger partial charge on any atom is 0.323 e. The van der Waals surface area contributed by atoms with Crippen LogP contribution in [-0.4, -0.2) is 21.9 Å². The van der Waals surface area contributed by atoms with E-state index in [0.29, 0.717) is 11.2 Å². The first kappa shape index (κ1) is 13.9. The van der Waals surface area contributed by atoms with Gasteiger partial charge in [0.05, 0.1) is 17.0 Å². The number of nitrogens with two attached hydrogens (primary N) is 1. The van der Waals surface area contributed by atoms with Crippen LogP contribution in [0.25, 0.3) is 11.0 Å². The molecule has 2 unspecified atom stereocenters. The van der Waals surface area contributed by atoms with Crippen LogP contribution in [0.5, 0.6) is 0 Å². The maximum atomic E-state index is 12.4. The van der Waals surface area contributed by atoms with E-state index in [4.69, 9.17) is 5.73 Å². The zero-order valence-electron chi connectivity index (χ0n) is 11.8. The summed E-state index contributed by atoms with van der Waals surface area (Å²) in [4.78, 5) is 29.0. The molecule has 1 aromatic carbocycles. The number of nitrogens with one attached hydrogen (secondary N) is 3. The Hall–Kier alpha value is -2.08. The van der Waals surface area contributed by atoms with Crippen molar-refractivity contribution in [2.75, 3.05) is 5.32 Å². The van der Waals surface area contributed by atoms with Crippen molar-refractivity contribution in [3.8, 4) is 0 Å². The highest BCUT2D eigenvalue weighted by atomic mass is 16.2. The molecule has 1 aliphatic rings. The fourth-order valence-corrected chi connectivity index (χ4v) is 3.01. The van der Waals surface area contributed by atoms with Crippen LogP contribution in [0.15, 0.2) is 23.0 Å². The fraction of sp³-hybridized carbons (Fsp3) is 0.467. The number of benzene rings is 1. The Labute approximate surface area is 122 Å². The lowest BCUT2D eigenvalue weighted by Gasteiger charge is -2.20. The van der Waals surface area contributed by atoms with Gasteiger partial charge in [0.25, 0.3) is 0 Å². The third-order valence-corrected chi connectivity index (χ3v) is 4.19. The van der Waals surface area contributed by atoms with Crippen molar-refractivity contribution >= 4 is 22.6 Å². The molecule has 5 N–H and O–H groups in total. The second-order valence-electron chi connectivity index (χ2n) is 5.74. The van der Waals surface area contributed by atoms with Gasteiger partial charge in [0.2, 0.25) is 5.91 Å². The van der Waals surface area contributed by atoms with Crippen LogP contribution >= 0.6 is 0 Å². The molecule has 0 bridgehead atoms. The van der Waals surface area contributed by atoms with Crippen LogP contribution in [0.3, 0.4) is 0 Å². The summed E-state index contributed by atoms with van der Waals surface area (Å²) in [6.45, 7) is 0. The summed E-state index contributed by atoms with van der Waals surface area (Å²) < 4.78 is 0. The van der Waals surface area contributed by atoms with Crippen LogP contribution in [0.2, 0.25) is 0 Å². The van der Waals surface area contributed by atoms with E-state index in [2.05, 4.69) is 15.3 Å². The van der Waals surface area contributed by atoms with Gasteiger partial charge in [-0.15, -0.1) is 0 Å². The summed E-state index contributed by atoms with van der Waals surface area (Å²) in [7, 11) is 0. The molecule has 6 nitrogen and oxygen atoms in total. The third-order valence-electron chi connectivity index (χ3n) is 4.19. The smallest absolute Gasteiger partial charge is 0.323 e. The van der Waals surface area contributed by atoms with Crippen molar-refractivity contribution in [1.29, 1.82) is 0 Å². The minimum Gasteiger partial charge on any atom is -0.327 e. The quantitative estimate of drug-likeness (QED) is 0.632. The van der Waals surface area contributed by atoms with Crippen molar-refractivity contribution < 1.29 is 4.79 Å². The van der Waals surface area contributed by atoms with Gasteiger partial charge in [0, 0.05) is 11.7 Å². The number of hydrogen-bond acceptors (Lipinski definition) is 3. The van der Waals surface area contributed by atoms with Crippen molar-refractivity contribution in [3.63, 3.8) is 0 Å². The van der Waals surface area contributed by atoms with Gasteiger partial charge >= 0.3 is 5.69 Å². The Morgan fingerprint density at radius 3 is 2.76 bits per heavy atom. The van der Waals surface area contributed by atoms with E-state index in [1.54, 1.807) is 18.2 Å². The predicted octanol–water partition coefficient (Wildman–Crippen LogP) is 1.70. The van der Waals surface area contributed by atoms with Crippen molar-refractivity contribution in [2.45, 2.75) is 38.1 Å². The number of imidazole rings is 1. The van der Waals surface area contributed by atoms with Crippen LogP contribution in [-0.2, 0) is 4.79 Å². The van der Waals surface area contributed by atoms with E-state index in [0.717, 1.165) is 37.6 Å². The molecule has 0 saturated heterocycles. The lowest BCUT2D eigenvalue weighted by atomic mass is 9.94. The molecule has 1 heterocycles. The molecule has 0 spiro atoms. The SMILES string of the molecule is NC1CCCCCC1C(=O)Nc1ccc2[nH]c(=O)[nH]c2c1. The predicted molar refractivity (Wildman–Crippen MR) is 82.1 cm³/mol. The average Bonchev–Trinajstić information content (AvgIpc) is 2.67. The number of fused-ring (bicyclic) bond motifs is 1. The van der Waals surface area contributed by atoms with Crippen LogP contribution in [0.1, 0.15) is 32.1 Å². The van der Waals surface area contributed by atoms with Gasteiger partial charge in [0.1, 0.15) is 0 Å². The topological polar surface area (TPSA) is 104 Å². The molecule has 21 heavy (non-hydrogen) atoms. The molecule has 1 amide bonds. The van der Waals surface area contributed by atoms with Crippen molar-refractivity contribution in [3.05, 3.63) is 28.7 Å². The normalized spacial score (nSPS) is 22.9. The molecular formula is C15H20N4O2. The maximum absolute atomic E-state index is 12.4. The first-order valence-corrected chi connectivity index (χ1v) is 7.42. The largest absolute Gasteiger partial charge is 0.327 e. The number of amides is 1. The number of carbonyl (C=O) groups is 1. The minimum atomic E-state index is -0.251. The number of anilines is 1. The molecule has 1 aliphatic carbocycles. The van der Waals surface area contributed by atoms with Gasteiger partial charge < -0.3 is 21.0 Å². The Morgan fingerprint density at radius 1 is 1.14 bits per heavy atom. The highest BCUT2D eigenvalue weighted by Gasteiger charge is 2.27. The number of aromatic amines is 2. The number of rotatable bonds is 2. The molecule has 3 rings (SSSR count). The van der Waals surface area contributed by atoms with E-state index < -0.39 is 0 Å². The van der Waals surface area contributed by atoms with Crippen LogP contribution in [0.4, 0.5) is 5.69 Å². The molecule has 2 aromatic rings. The summed E-state index contributed by atoms with van der Waals surface area (Å²) >= 11 is 0. The number of H-pyrrole nitrogens is 2. The molecule has 1 aromatic heterocycles. The lowest BCUT2D eigenvalue weighted by molar-refractivity contribution is -0.120. The monoisotopic (exact) mass is 288 g/mol. The molecule has 112 valence electrons. The summed E-state index contributed by atoms with van der Waals surface area (Å²) in [6.07, 6.45) is 5.05. The van der Waals surface area contributed by atoms with E-state index in [9.17, 15) is 9.59 Å². The van der Waals surface area contributed by atoms with Gasteiger partial charge in [0.15, 0.2) is 0 Å². The molecule has 6 heteroatoms. The Balaban J connectivity index is 1.77. The number of aromatic nitrogens is 2. The minimum absolute atomic E-state index is 0.0263. The highest BCUT2D eigenvalue weighted by Crippen LogP contribution is 2.24. The summed E-state index contributed by atoms with van der Waals surface area (Å²) in [5.41, 5.74) is 7.95. The lowest BCUT2D eigenvalue weighted by Crippen LogP contribution is -2.37. The van der Waals surface area contributed by atoms with E-state index in [-0.39, 0.29) is 23.6 Å². The van der Waals surface area contributed by atoms with Crippen LogP contribution < -0.4 is 16.7 Å². The van der Waals surface area contributed by atoms with Crippen LogP contribution in [0, 0.1) is 5.92 Å². The summed E-state index contributed by atoms with van der Waals surface area (Å²) in [5, 5.41) is 2.92. The molecular weight excluding hydrogens is 268 g/mol. The Morgan fingerprint density at radius 2 is 1.90 bits per heavy atom. The number of hydrogen-bond donors (Lipinski definition) is 4. The van der Waals surface area contributed by atoms with Gasteiger partial charge in [-0.1, -0.05) is 19.3 Å². The van der Waals surface area contributed by atoms with Gasteiger partial charge in [-0.05, 0) is 31.0 Å². The standard InChI is InChI=1S/C15H20N4O2/c16-11-5-3-1-2-4-10(11)14(20)17-9-6-7-12-13(8-9)19-15(21)18-12/h6-8,10-11H,1-5,16H2,(H,17,20)(H2,18,19,21). The van der Waals surface area contributed by atoms with E-state index in [1.807, 2.05) is 0 Å². The third kappa shape index (κ3) is 3.00. The van der Waals surface area contributed by atoms with Crippen molar-refractivity contribution in [2.24, 2.45) is 11.7 Å². The molecule has 0 aliphatic heterocycles. The summed E-state index contributed by atoms with van der Waals surface area (Å²) in [5.74, 6) is -0.157. The molecule has 1 fully saturated rings. The second-order valence-corrected chi connectivity index (χ2v) is 5.74. The van der Waals surface area contributed by atoms with Gasteiger partial charge in [-0.2, -0.15) is 0 Å². The summed E-state index contributed by atoms with van der Waals surface area (Å²) in [6, 6.07) is 5.25. The Kier molecular flexibility index (Phi) is 3.79. The molecule has 1 saturated carbocycles. The highest BCUT2D eigenvalue weighted by molar-refractivity contribution is 5.94. The number of carbonyl (C=O) groups excluding carboxylic acids is 1. The fourth-order valence-electron chi connectivity index (χ4n) is 3.01. The second kappa shape index (κ2) is 5.73. The van der Waals surface area contributed by atoms with Crippen molar-refractivity contribution in [1.82, 2.24) is 9.97 Å². The first-order chi connectivity index (χ1) is 10.1.